The van der Waals surface area contributed by atoms with Crippen LogP contribution in [0.3, 0.4) is 0 Å². The molecule has 3 heteroatoms. The monoisotopic (exact) mass is 241 g/mol. The zero-order valence-electron chi connectivity index (χ0n) is 7.50. The first kappa shape index (κ1) is 9.16. The Labute approximate surface area is 86.1 Å². The van der Waals surface area contributed by atoms with Crippen LogP contribution in [0.1, 0.15) is 25.5 Å². The van der Waals surface area contributed by atoms with Crippen LogP contribution in [0.5, 0.6) is 0 Å². The van der Waals surface area contributed by atoms with Crippen molar-refractivity contribution >= 4 is 15.9 Å². The summed E-state index contributed by atoms with van der Waals surface area (Å²) in [6.07, 6.45) is 3.59. The zero-order valence-corrected chi connectivity index (χ0v) is 9.08. The Morgan fingerprint density at radius 3 is 3.08 bits per heavy atom. The van der Waals surface area contributed by atoms with Gasteiger partial charge in [-0.15, -0.1) is 0 Å². The van der Waals surface area contributed by atoms with Gasteiger partial charge in [-0.25, -0.2) is 0 Å². The van der Waals surface area contributed by atoms with Gasteiger partial charge in [0.2, 0.25) is 0 Å². The minimum Gasteiger partial charge on any atom is -0.383 e. The van der Waals surface area contributed by atoms with Crippen molar-refractivity contribution in [2.24, 2.45) is 5.92 Å². The minimum absolute atomic E-state index is 0.388. The van der Waals surface area contributed by atoms with E-state index in [9.17, 15) is 5.11 Å². The Balaban J connectivity index is 2.32. The molecule has 70 valence electrons. The van der Waals surface area contributed by atoms with Crippen LogP contribution in [0.2, 0.25) is 0 Å². The molecule has 1 aliphatic carbocycles. The Morgan fingerprint density at radius 2 is 2.54 bits per heavy atom. The van der Waals surface area contributed by atoms with Gasteiger partial charge < -0.3 is 5.11 Å². The van der Waals surface area contributed by atoms with E-state index in [1.165, 1.54) is 0 Å². The molecule has 1 aromatic rings. The maximum absolute atomic E-state index is 10.1. The highest BCUT2D eigenvalue weighted by molar-refractivity contribution is 9.10. The highest BCUT2D eigenvalue weighted by Gasteiger charge is 2.54. The second-order valence-corrected chi connectivity index (χ2v) is 4.42. The normalized spacial score (nSPS) is 31.8. The van der Waals surface area contributed by atoms with Crippen molar-refractivity contribution in [2.75, 3.05) is 0 Å². The topological polar surface area (TPSA) is 33.1 Å². The largest absolute Gasteiger partial charge is 0.383 e. The highest BCUT2D eigenvalue weighted by atomic mass is 79.9. The van der Waals surface area contributed by atoms with Crippen molar-refractivity contribution in [3.63, 3.8) is 0 Å². The molecule has 2 atom stereocenters. The smallest absolute Gasteiger partial charge is 0.111 e. The maximum atomic E-state index is 10.1. The summed E-state index contributed by atoms with van der Waals surface area (Å²) in [5.74, 6) is 0.388. The fraction of sp³-hybridized carbons (Fsp3) is 0.500. The molecule has 1 fully saturated rings. The summed E-state index contributed by atoms with van der Waals surface area (Å²) in [5.41, 5.74) is 0.135. The standard InChI is InChI=1S/C10H12BrNO/c1-2-7-6-10(7,13)9-8(11)4-3-5-12-9/h3-5,7,13H,2,6H2,1H3. The molecule has 0 aliphatic heterocycles. The predicted molar refractivity (Wildman–Crippen MR) is 54.2 cm³/mol. The van der Waals surface area contributed by atoms with Gasteiger partial charge in [-0.2, -0.15) is 0 Å². The van der Waals surface area contributed by atoms with Gasteiger partial charge in [-0.1, -0.05) is 13.3 Å². The fourth-order valence-electron chi connectivity index (χ4n) is 1.79. The summed E-state index contributed by atoms with van der Waals surface area (Å²) < 4.78 is 0.911. The van der Waals surface area contributed by atoms with E-state index in [0.29, 0.717) is 5.92 Å². The van der Waals surface area contributed by atoms with Crippen LogP contribution in [0, 0.1) is 5.92 Å². The van der Waals surface area contributed by atoms with Gasteiger partial charge in [0.1, 0.15) is 5.60 Å². The number of aliphatic hydroxyl groups is 1. The van der Waals surface area contributed by atoms with Gasteiger partial charge in [0.05, 0.1) is 5.69 Å². The SMILES string of the molecule is CCC1CC1(O)c1ncccc1Br. The number of pyridine rings is 1. The maximum Gasteiger partial charge on any atom is 0.111 e. The minimum atomic E-state index is -0.658. The van der Waals surface area contributed by atoms with Gasteiger partial charge in [0, 0.05) is 10.7 Å². The molecular weight excluding hydrogens is 230 g/mol. The van der Waals surface area contributed by atoms with E-state index in [4.69, 9.17) is 0 Å². The lowest BCUT2D eigenvalue weighted by Gasteiger charge is -2.10. The number of hydrogen-bond donors (Lipinski definition) is 1. The predicted octanol–water partition coefficient (Wildman–Crippen LogP) is 2.46. The third-order valence-electron chi connectivity index (χ3n) is 2.73. The molecule has 0 spiro atoms. The summed E-state index contributed by atoms with van der Waals surface area (Å²) >= 11 is 3.41. The van der Waals surface area contributed by atoms with Crippen molar-refractivity contribution in [2.45, 2.75) is 25.4 Å². The van der Waals surface area contributed by atoms with Crippen LogP contribution in [-0.4, -0.2) is 10.1 Å². The summed E-state index contributed by atoms with van der Waals surface area (Å²) in [5, 5.41) is 10.1. The Morgan fingerprint density at radius 1 is 1.77 bits per heavy atom. The first-order valence-corrected chi connectivity index (χ1v) is 5.31. The second kappa shape index (κ2) is 3.07. The van der Waals surface area contributed by atoms with E-state index in [2.05, 4.69) is 27.8 Å². The van der Waals surface area contributed by atoms with Crippen LogP contribution >= 0.6 is 15.9 Å². The molecule has 0 bridgehead atoms. The van der Waals surface area contributed by atoms with Gasteiger partial charge in [0.25, 0.3) is 0 Å². The summed E-state index contributed by atoms with van der Waals surface area (Å²) in [6.45, 7) is 2.10. The number of hydrogen-bond acceptors (Lipinski definition) is 2. The molecule has 2 rings (SSSR count). The van der Waals surface area contributed by atoms with E-state index < -0.39 is 5.60 Å². The molecule has 1 heterocycles. The molecule has 0 radical (unpaired) electrons. The average Bonchev–Trinajstić information content (AvgIpc) is 2.79. The van der Waals surface area contributed by atoms with E-state index in [1.807, 2.05) is 12.1 Å². The third-order valence-corrected chi connectivity index (χ3v) is 3.37. The Bertz CT molecular complexity index is 328. The van der Waals surface area contributed by atoms with E-state index in [1.54, 1.807) is 6.20 Å². The molecule has 2 unspecified atom stereocenters. The van der Waals surface area contributed by atoms with Crippen molar-refractivity contribution in [1.82, 2.24) is 4.98 Å². The quantitative estimate of drug-likeness (QED) is 0.864. The first-order valence-electron chi connectivity index (χ1n) is 4.52. The first-order chi connectivity index (χ1) is 6.18. The van der Waals surface area contributed by atoms with Gasteiger partial charge in [0.15, 0.2) is 0 Å². The fourth-order valence-corrected chi connectivity index (χ4v) is 2.39. The van der Waals surface area contributed by atoms with Gasteiger partial charge in [-0.3, -0.25) is 4.98 Å². The number of aromatic nitrogens is 1. The van der Waals surface area contributed by atoms with Crippen LogP contribution in [0.15, 0.2) is 22.8 Å². The number of nitrogens with zero attached hydrogens (tertiary/aromatic N) is 1. The lowest BCUT2D eigenvalue weighted by Crippen LogP contribution is -2.11. The lowest BCUT2D eigenvalue weighted by atomic mass is 10.1. The highest BCUT2D eigenvalue weighted by Crippen LogP contribution is 2.54. The van der Waals surface area contributed by atoms with Crippen molar-refractivity contribution in [1.29, 1.82) is 0 Å². The number of rotatable bonds is 2. The molecule has 1 N–H and O–H groups in total. The molecule has 0 aromatic carbocycles. The van der Waals surface area contributed by atoms with Crippen molar-refractivity contribution in [3.05, 3.63) is 28.5 Å². The lowest BCUT2D eigenvalue weighted by molar-refractivity contribution is 0.124. The van der Waals surface area contributed by atoms with Crippen molar-refractivity contribution < 1.29 is 5.11 Å². The molecule has 2 nitrogen and oxygen atoms in total. The molecular formula is C10H12BrNO. The Hall–Kier alpha value is -0.410. The van der Waals surface area contributed by atoms with Crippen LogP contribution in [0.25, 0.3) is 0 Å². The zero-order chi connectivity index (χ0) is 9.47. The van der Waals surface area contributed by atoms with Crippen molar-refractivity contribution in [3.8, 4) is 0 Å². The average molecular weight is 242 g/mol. The van der Waals surface area contributed by atoms with E-state index >= 15 is 0 Å². The summed E-state index contributed by atoms with van der Waals surface area (Å²) in [4.78, 5) is 4.21. The van der Waals surface area contributed by atoms with E-state index in [0.717, 1.165) is 23.0 Å². The van der Waals surface area contributed by atoms with Crippen LogP contribution in [-0.2, 0) is 5.60 Å². The van der Waals surface area contributed by atoms with Crippen LogP contribution in [0.4, 0.5) is 0 Å². The number of halogens is 1. The van der Waals surface area contributed by atoms with Crippen LogP contribution < -0.4 is 0 Å². The second-order valence-electron chi connectivity index (χ2n) is 3.57. The summed E-state index contributed by atoms with van der Waals surface area (Å²) in [7, 11) is 0. The molecule has 13 heavy (non-hydrogen) atoms. The Kier molecular flexibility index (Phi) is 2.16. The van der Waals surface area contributed by atoms with Gasteiger partial charge >= 0.3 is 0 Å². The molecule has 1 saturated carbocycles. The third kappa shape index (κ3) is 1.40. The molecule has 0 saturated heterocycles. The summed E-state index contributed by atoms with van der Waals surface area (Å²) in [6, 6.07) is 3.78. The molecule has 1 aliphatic rings. The van der Waals surface area contributed by atoms with E-state index in [-0.39, 0.29) is 0 Å². The van der Waals surface area contributed by atoms with Gasteiger partial charge in [-0.05, 0) is 40.4 Å². The molecule has 1 aromatic heterocycles. The molecule has 0 amide bonds.